The first-order valence-corrected chi connectivity index (χ1v) is 6.44. The maximum Gasteiger partial charge on any atom is 0.122 e. The van der Waals surface area contributed by atoms with E-state index in [9.17, 15) is 0 Å². The standard InChI is InChI=1S/C14H22N2O2/c1-10-5-6-11(8-13(10)17-2)14(16-15)12-4-3-7-18-9-12/h5-6,8,12,14,16H,3-4,7,9,15H2,1-2H3. The van der Waals surface area contributed by atoms with E-state index in [0.29, 0.717) is 5.92 Å². The van der Waals surface area contributed by atoms with E-state index in [4.69, 9.17) is 15.3 Å². The van der Waals surface area contributed by atoms with Gasteiger partial charge < -0.3 is 9.47 Å². The molecule has 0 radical (unpaired) electrons. The minimum absolute atomic E-state index is 0.125. The Kier molecular flexibility index (Phi) is 4.58. The maximum absolute atomic E-state index is 5.72. The first kappa shape index (κ1) is 13.3. The first-order valence-electron chi connectivity index (χ1n) is 6.44. The van der Waals surface area contributed by atoms with E-state index < -0.39 is 0 Å². The van der Waals surface area contributed by atoms with E-state index in [1.165, 1.54) is 0 Å². The normalized spacial score (nSPS) is 21.6. The number of rotatable bonds is 4. The Labute approximate surface area is 108 Å². The molecule has 100 valence electrons. The number of hydrogen-bond acceptors (Lipinski definition) is 4. The lowest BCUT2D eigenvalue weighted by Crippen LogP contribution is -2.37. The van der Waals surface area contributed by atoms with Gasteiger partial charge in [-0.25, -0.2) is 0 Å². The summed E-state index contributed by atoms with van der Waals surface area (Å²) < 4.78 is 10.9. The number of methoxy groups -OCH3 is 1. The van der Waals surface area contributed by atoms with Gasteiger partial charge in [0.15, 0.2) is 0 Å². The van der Waals surface area contributed by atoms with E-state index in [-0.39, 0.29) is 6.04 Å². The molecule has 1 aromatic rings. The predicted octanol–water partition coefficient (Wildman–Crippen LogP) is 1.93. The molecule has 1 aliphatic rings. The average molecular weight is 250 g/mol. The molecule has 0 bridgehead atoms. The molecule has 3 N–H and O–H groups in total. The van der Waals surface area contributed by atoms with Crippen molar-refractivity contribution in [3.05, 3.63) is 29.3 Å². The summed E-state index contributed by atoms with van der Waals surface area (Å²) in [6.45, 7) is 3.67. The summed E-state index contributed by atoms with van der Waals surface area (Å²) in [4.78, 5) is 0. The second-order valence-corrected chi connectivity index (χ2v) is 4.85. The van der Waals surface area contributed by atoms with Gasteiger partial charge in [0.1, 0.15) is 5.75 Å². The van der Waals surface area contributed by atoms with Crippen LogP contribution in [0.1, 0.15) is 30.0 Å². The number of nitrogens with two attached hydrogens (primary N) is 1. The molecule has 1 saturated heterocycles. The van der Waals surface area contributed by atoms with Crippen molar-refractivity contribution in [1.82, 2.24) is 5.43 Å². The average Bonchev–Trinajstić information content (AvgIpc) is 2.42. The van der Waals surface area contributed by atoms with Crippen LogP contribution in [0.5, 0.6) is 5.75 Å². The van der Waals surface area contributed by atoms with Crippen molar-refractivity contribution in [1.29, 1.82) is 0 Å². The molecule has 1 fully saturated rings. The highest BCUT2D eigenvalue weighted by Crippen LogP contribution is 2.31. The van der Waals surface area contributed by atoms with E-state index in [1.54, 1.807) is 7.11 Å². The molecule has 18 heavy (non-hydrogen) atoms. The molecule has 0 aromatic heterocycles. The molecule has 2 unspecified atom stereocenters. The number of hydrogen-bond donors (Lipinski definition) is 2. The van der Waals surface area contributed by atoms with Gasteiger partial charge in [-0.15, -0.1) is 0 Å². The van der Waals surface area contributed by atoms with Gasteiger partial charge in [-0.05, 0) is 37.0 Å². The summed E-state index contributed by atoms with van der Waals surface area (Å²) in [5, 5.41) is 0. The van der Waals surface area contributed by atoms with Crippen molar-refractivity contribution in [2.24, 2.45) is 11.8 Å². The molecule has 0 spiro atoms. The molecule has 1 heterocycles. The van der Waals surface area contributed by atoms with Gasteiger partial charge in [-0.1, -0.05) is 12.1 Å². The van der Waals surface area contributed by atoms with Crippen molar-refractivity contribution in [2.45, 2.75) is 25.8 Å². The summed E-state index contributed by atoms with van der Waals surface area (Å²) in [5.41, 5.74) is 5.22. The van der Waals surface area contributed by atoms with Gasteiger partial charge in [0.2, 0.25) is 0 Å². The van der Waals surface area contributed by atoms with Crippen LogP contribution < -0.4 is 16.0 Å². The highest BCUT2D eigenvalue weighted by molar-refractivity contribution is 5.38. The lowest BCUT2D eigenvalue weighted by atomic mass is 9.88. The first-order chi connectivity index (χ1) is 8.76. The zero-order valence-electron chi connectivity index (χ0n) is 11.1. The van der Waals surface area contributed by atoms with Crippen molar-refractivity contribution in [3.63, 3.8) is 0 Å². The van der Waals surface area contributed by atoms with Crippen LogP contribution in [-0.2, 0) is 4.74 Å². The van der Waals surface area contributed by atoms with Gasteiger partial charge in [-0.2, -0.15) is 0 Å². The lowest BCUT2D eigenvalue weighted by molar-refractivity contribution is 0.0390. The maximum atomic E-state index is 5.72. The molecular formula is C14H22N2O2. The zero-order valence-corrected chi connectivity index (χ0v) is 11.1. The molecule has 0 aliphatic carbocycles. The zero-order chi connectivity index (χ0) is 13.0. The van der Waals surface area contributed by atoms with Gasteiger partial charge in [0.05, 0.1) is 19.8 Å². The lowest BCUT2D eigenvalue weighted by Gasteiger charge is -2.30. The molecule has 4 heteroatoms. The molecule has 2 atom stereocenters. The van der Waals surface area contributed by atoms with Gasteiger partial charge >= 0.3 is 0 Å². The Morgan fingerprint density at radius 2 is 2.33 bits per heavy atom. The summed E-state index contributed by atoms with van der Waals surface area (Å²) >= 11 is 0. The van der Waals surface area contributed by atoms with E-state index in [1.807, 2.05) is 6.92 Å². The molecule has 0 saturated carbocycles. The van der Waals surface area contributed by atoms with Crippen molar-refractivity contribution >= 4 is 0 Å². The summed E-state index contributed by atoms with van der Waals surface area (Å²) in [6.07, 6.45) is 2.25. The van der Waals surface area contributed by atoms with Gasteiger partial charge in [0, 0.05) is 12.5 Å². The van der Waals surface area contributed by atoms with Crippen LogP contribution in [0, 0.1) is 12.8 Å². The van der Waals surface area contributed by atoms with Crippen LogP contribution in [-0.4, -0.2) is 20.3 Å². The smallest absolute Gasteiger partial charge is 0.122 e. The Morgan fingerprint density at radius 3 is 2.94 bits per heavy atom. The number of benzene rings is 1. The largest absolute Gasteiger partial charge is 0.496 e. The Bertz CT molecular complexity index is 389. The van der Waals surface area contributed by atoms with Gasteiger partial charge in [-0.3, -0.25) is 11.3 Å². The van der Waals surface area contributed by atoms with Crippen LogP contribution in [0.2, 0.25) is 0 Å². The second kappa shape index (κ2) is 6.18. The number of hydrazine groups is 1. The molecule has 1 aliphatic heterocycles. The SMILES string of the molecule is COc1cc(C(NN)C2CCCOC2)ccc1C. The summed E-state index contributed by atoms with van der Waals surface area (Å²) in [5.74, 6) is 7.05. The number of aryl methyl sites for hydroxylation is 1. The van der Waals surface area contributed by atoms with E-state index in [0.717, 1.165) is 42.9 Å². The summed E-state index contributed by atoms with van der Waals surface area (Å²) in [6, 6.07) is 6.37. The minimum Gasteiger partial charge on any atom is -0.496 e. The summed E-state index contributed by atoms with van der Waals surface area (Å²) in [7, 11) is 1.70. The third-order valence-electron chi connectivity index (χ3n) is 3.64. The monoisotopic (exact) mass is 250 g/mol. The Hall–Kier alpha value is -1.10. The Morgan fingerprint density at radius 1 is 1.50 bits per heavy atom. The fourth-order valence-electron chi connectivity index (χ4n) is 2.56. The fraction of sp³-hybridized carbons (Fsp3) is 0.571. The van der Waals surface area contributed by atoms with Crippen LogP contribution in [0.3, 0.4) is 0 Å². The quantitative estimate of drug-likeness (QED) is 0.633. The predicted molar refractivity (Wildman–Crippen MR) is 71.3 cm³/mol. The van der Waals surface area contributed by atoms with E-state index in [2.05, 4.69) is 23.6 Å². The van der Waals surface area contributed by atoms with Crippen molar-refractivity contribution in [2.75, 3.05) is 20.3 Å². The highest BCUT2D eigenvalue weighted by atomic mass is 16.5. The second-order valence-electron chi connectivity index (χ2n) is 4.85. The van der Waals surface area contributed by atoms with Crippen LogP contribution >= 0.6 is 0 Å². The molecule has 2 rings (SSSR count). The van der Waals surface area contributed by atoms with Crippen LogP contribution in [0.15, 0.2) is 18.2 Å². The number of ether oxygens (including phenoxy) is 2. The fourth-order valence-corrected chi connectivity index (χ4v) is 2.56. The van der Waals surface area contributed by atoms with Crippen LogP contribution in [0.4, 0.5) is 0 Å². The molecule has 1 aromatic carbocycles. The van der Waals surface area contributed by atoms with Gasteiger partial charge in [0.25, 0.3) is 0 Å². The highest BCUT2D eigenvalue weighted by Gasteiger charge is 2.25. The van der Waals surface area contributed by atoms with Crippen LogP contribution in [0.25, 0.3) is 0 Å². The van der Waals surface area contributed by atoms with Crippen molar-refractivity contribution in [3.8, 4) is 5.75 Å². The van der Waals surface area contributed by atoms with E-state index >= 15 is 0 Å². The third-order valence-corrected chi connectivity index (χ3v) is 3.64. The minimum atomic E-state index is 0.125. The Balaban J connectivity index is 2.20. The van der Waals surface area contributed by atoms with Crippen molar-refractivity contribution < 1.29 is 9.47 Å². The molecular weight excluding hydrogens is 228 g/mol. The molecule has 0 amide bonds. The topological polar surface area (TPSA) is 56.5 Å². The third kappa shape index (κ3) is 2.83. The number of nitrogens with one attached hydrogen (secondary N) is 1. The molecule has 4 nitrogen and oxygen atoms in total.